The minimum Gasteiger partial charge on any atom is -0.371 e. The van der Waals surface area contributed by atoms with Crippen molar-refractivity contribution < 1.29 is 4.79 Å². The summed E-state index contributed by atoms with van der Waals surface area (Å²) in [6, 6.07) is 13.4. The molecule has 128 valence electrons. The van der Waals surface area contributed by atoms with Crippen LogP contribution in [0.5, 0.6) is 0 Å². The summed E-state index contributed by atoms with van der Waals surface area (Å²) in [5, 5.41) is 3.60. The first-order chi connectivity index (χ1) is 12.0. The van der Waals surface area contributed by atoms with Crippen molar-refractivity contribution >= 4 is 34.4 Å². The van der Waals surface area contributed by atoms with E-state index in [0.29, 0.717) is 11.4 Å². The smallest absolute Gasteiger partial charge is 0.175 e. The second-order valence-electron chi connectivity index (χ2n) is 6.04. The summed E-state index contributed by atoms with van der Waals surface area (Å²) < 4.78 is 0. The average Bonchev–Trinajstić information content (AvgIpc) is 2.62. The minimum atomic E-state index is -0.243. The van der Waals surface area contributed by atoms with Crippen molar-refractivity contribution in [3.63, 3.8) is 0 Å². The summed E-state index contributed by atoms with van der Waals surface area (Å²) in [7, 11) is 1.82. The van der Waals surface area contributed by atoms with Crippen molar-refractivity contribution in [2.75, 3.05) is 12.4 Å². The van der Waals surface area contributed by atoms with E-state index in [1.165, 1.54) is 22.9 Å². The SMILES string of the molecule is CNc1nc2cc(C)c(C)cc2nc1SC(C)C(=O)c1ccccc1. The molecule has 1 aromatic heterocycles. The lowest BCUT2D eigenvalue weighted by atomic mass is 10.1. The molecule has 25 heavy (non-hydrogen) atoms. The molecule has 4 nitrogen and oxygen atoms in total. The van der Waals surface area contributed by atoms with E-state index in [1.54, 1.807) is 0 Å². The quantitative estimate of drug-likeness (QED) is 0.535. The number of aromatic nitrogens is 2. The van der Waals surface area contributed by atoms with Gasteiger partial charge in [-0.25, -0.2) is 9.97 Å². The second-order valence-corrected chi connectivity index (χ2v) is 7.37. The van der Waals surface area contributed by atoms with E-state index >= 15 is 0 Å². The van der Waals surface area contributed by atoms with Crippen LogP contribution in [0.15, 0.2) is 47.5 Å². The number of hydrogen-bond acceptors (Lipinski definition) is 5. The van der Waals surface area contributed by atoms with Crippen molar-refractivity contribution in [3.05, 3.63) is 59.2 Å². The molecule has 1 N–H and O–H groups in total. The number of carbonyl (C=O) groups excluding carboxylic acids is 1. The highest BCUT2D eigenvalue weighted by molar-refractivity contribution is 8.00. The largest absolute Gasteiger partial charge is 0.371 e. The summed E-state index contributed by atoms with van der Waals surface area (Å²) in [5.41, 5.74) is 4.80. The van der Waals surface area contributed by atoms with Crippen LogP contribution in [0.1, 0.15) is 28.4 Å². The molecule has 0 saturated carbocycles. The van der Waals surface area contributed by atoms with Gasteiger partial charge in [-0.1, -0.05) is 42.1 Å². The number of ketones is 1. The van der Waals surface area contributed by atoms with E-state index in [0.717, 1.165) is 16.1 Å². The zero-order valence-corrected chi connectivity index (χ0v) is 15.6. The number of aryl methyl sites for hydroxylation is 2. The minimum absolute atomic E-state index is 0.0923. The highest BCUT2D eigenvalue weighted by atomic mass is 32.2. The van der Waals surface area contributed by atoms with Crippen LogP contribution in [-0.2, 0) is 0 Å². The predicted octanol–water partition coefficient (Wildman–Crippen LogP) is 4.65. The van der Waals surface area contributed by atoms with Gasteiger partial charge in [0.05, 0.1) is 16.3 Å². The third-order valence-corrected chi connectivity index (χ3v) is 5.28. The maximum atomic E-state index is 12.6. The number of thioether (sulfide) groups is 1. The Labute approximate surface area is 152 Å². The van der Waals surface area contributed by atoms with Crippen molar-refractivity contribution in [1.29, 1.82) is 0 Å². The highest BCUT2D eigenvalue weighted by Gasteiger charge is 2.20. The number of rotatable bonds is 5. The molecule has 1 unspecified atom stereocenters. The normalized spacial score (nSPS) is 12.2. The monoisotopic (exact) mass is 351 g/mol. The fourth-order valence-corrected chi connectivity index (χ4v) is 3.59. The molecule has 3 rings (SSSR count). The lowest BCUT2D eigenvalue weighted by molar-refractivity contribution is 0.0994. The second kappa shape index (κ2) is 7.23. The maximum Gasteiger partial charge on any atom is 0.175 e. The van der Waals surface area contributed by atoms with Gasteiger partial charge in [-0.3, -0.25) is 4.79 Å². The van der Waals surface area contributed by atoms with E-state index in [-0.39, 0.29) is 11.0 Å². The molecule has 1 atom stereocenters. The van der Waals surface area contributed by atoms with Crippen LogP contribution in [0.3, 0.4) is 0 Å². The first-order valence-electron chi connectivity index (χ1n) is 8.22. The van der Waals surface area contributed by atoms with Gasteiger partial charge in [0.1, 0.15) is 5.03 Å². The third-order valence-electron chi connectivity index (χ3n) is 4.20. The van der Waals surface area contributed by atoms with Crippen LogP contribution >= 0.6 is 11.8 Å². The first kappa shape index (κ1) is 17.4. The number of fused-ring (bicyclic) bond motifs is 1. The predicted molar refractivity (Wildman–Crippen MR) is 105 cm³/mol. The molecule has 0 bridgehead atoms. The summed E-state index contributed by atoms with van der Waals surface area (Å²) in [6.45, 7) is 6.04. The summed E-state index contributed by atoms with van der Waals surface area (Å²) in [6.07, 6.45) is 0. The maximum absolute atomic E-state index is 12.6. The third kappa shape index (κ3) is 3.66. The summed E-state index contributed by atoms with van der Waals surface area (Å²) >= 11 is 1.44. The molecule has 0 spiro atoms. The Bertz CT molecular complexity index is 925. The Kier molecular flexibility index (Phi) is 5.04. The van der Waals surface area contributed by atoms with Crippen LogP contribution in [0.4, 0.5) is 5.82 Å². The van der Waals surface area contributed by atoms with Gasteiger partial charge in [-0.15, -0.1) is 0 Å². The Hall–Kier alpha value is -2.40. The van der Waals surface area contributed by atoms with Crippen molar-refractivity contribution in [1.82, 2.24) is 9.97 Å². The van der Waals surface area contributed by atoms with Crippen LogP contribution in [0, 0.1) is 13.8 Å². The first-order valence-corrected chi connectivity index (χ1v) is 9.10. The van der Waals surface area contributed by atoms with Crippen molar-refractivity contribution in [3.8, 4) is 0 Å². The van der Waals surface area contributed by atoms with Crippen LogP contribution in [-0.4, -0.2) is 28.0 Å². The van der Waals surface area contributed by atoms with Crippen molar-refractivity contribution in [2.24, 2.45) is 0 Å². The molecule has 1 heterocycles. The molecule has 0 saturated heterocycles. The van der Waals surface area contributed by atoms with E-state index < -0.39 is 0 Å². The summed E-state index contributed by atoms with van der Waals surface area (Å²) in [5.74, 6) is 0.795. The zero-order valence-electron chi connectivity index (χ0n) is 14.8. The highest BCUT2D eigenvalue weighted by Crippen LogP contribution is 2.31. The standard InChI is InChI=1S/C20H21N3OS/c1-12-10-16-17(11-13(12)2)23-20(19(21-4)22-16)25-14(3)18(24)15-8-6-5-7-9-15/h5-11,14H,1-4H3,(H,21,22). The summed E-state index contributed by atoms with van der Waals surface area (Å²) in [4.78, 5) is 22.0. The van der Waals surface area contributed by atoms with Crippen LogP contribution in [0.25, 0.3) is 11.0 Å². The molecule has 0 aliphatic rings. The molecule has 0 amide bonds. The average molecular weight is 351 g/mol. The Morgan fingerprint density at radius 2 is 1.64 bits per heavy atom. The molecule has 0 fully saturated rings. The fraction of sp³-hybridized carbons (Fsp3) is 0.250. The van der Waals surface area contributed by atoms with E-state index in [9.17, 15) is 4.79 Å². The number of Topliss-reactive ketones (excluding diaryl/α,β-unsaturated/α-hetero) is 1. The van der Waals surface area contributed by atoms with Crippen LogP contribution < -0.4 is 5.32 Å². The molecule has 2 aromatic carbocycles. The number of nitrogens with one attached hydrogen (secondary N) is 1. The fourth-order valence-electron chi connectivity index (χ4n) is 2.60. The lowest BCUT2D eigenvalue weighted by Crippen LogP contribution is -2.14. The molecule has 5 heteroatoms. The van der Waals surface area contributed by atoms with E-state index in [2.05, 4.69) is 24.1 Å². The number of carbonyl (C=O) groups is 1. The van der Waals surface area contributed by atoms with Crippen LogP contribution in [0.2, 0.25) is 0 Å². The lowest BCUT2D eigenvalue weighted by Gasteiger charge is -2.14. The molecule has 3 aromatic rings. The van der Waals surface area contributed by atoms with Gasteiger partial charge in [0.25, 0.3) is 0 Å². The van der Waals surface area contributed by atoms with Gasteiger partial charge in [-0.2, -0.15) is 0 Å². The molecule has 0 aliphatic carbocycles. The van der Waals surface area contributed by atoms with Gasteiger partial charge in [-0.05, 0) is 44.0 Å². The number of hydrogen-bond donors (Lipinski definition) is 1. The molecule has 0 aliphatic heterocycles. The number of benzene rings is 2. The topological polar surface area (TPSA) is 54.9 Å². The number of nitrogens with zero attached hydrogens (tertiary/aromatic N) is 2. The van der Waals surface area contributed by atoms with Gasteiger partial charge in [0.15, 0.2) is 11.6 Å². The van der Waals surface area contributed by atoms with Gasteiger partial charge in [0.2, 0.25) is 0 Å². The van der Waals surface area contributed by atoms with E-state index in [4.69, 9.17) is 4.98 Å². The Morgan fingerprint density at radius 3 is 2.24 bits per heavy atom. The Balaban J connectivity index is 1.94. The molecular formula is C20H21N3OS. The van der Waals surface area contributed by atoms with Gasteiger partial charge < -0.3 is 5.32 Å². The van der Waals surface area contributed by atoms with Gasteiger partial charge in [0, 0.05) is 12.6 Å². The molecular weight excluding hydrogens is 330 g/mol. The van der Waals surface area contributed by atoms with Crippen molar-refractivity contribution in [2.45, 2.75) is 31.0 Å². The van der Waals surface area contributed by atoms with Gasteiger partial charge >= 0.3 is 0 Å². The Morgan fingerprint density at radius 1 is 1.04 bits per heavy atom. The van der Waals surface area contributed by atoms with E-state index in [1.807, 2.05) is 56.4 Å². The number of anilines is 1. The zero-order chi connectivity index (χ0) is 18.0. The molecule has 0 radical (unpaired) electrons.